The van der Waals surface area contributed by atoms with Crippen LogP contribution in [0.5, 0.6) is 0 Å². The molecule has 0 radical (unpaired) electrons. The van der Waals surface area contributed by atoms with E-state index in [0.717, 1.165) is 19.4 Å². The van der Waals surface area contributed by atoms with E-state index in [1.54, 1.807) is 13.0 Å². The van der Waals surface area contributed by atoms with Crippen molar-refractivity contribution in [1.29, 1.82) is 0 Å². The fraction of sp³-hybridized carbons (Fsp3) is 0.625. The first-order valence-electron chi connectivity index (χ1n) is 3.59. The Kier molecular flexibility index (Phi) is 2.63. The molecule has 1 atom stereocenters. The van der Waals surface area contributed by atoms with Gasteiger partial charge in [-0.2, -0.15) is 0 Å². The SMILES string of the molecule is CC(=O)/C=C/C1CCCO1. The van der Waals surface area contributed by atoms with Crippen LogP contribution in [-0.2, 0) is 9.53 Å². The topological polar surface area (TPSA) is 26.3 Å². The van der Waals surface area contributed by atoms with Crippen LogP contribution in [0.25, 0.3) is 0 Å². The third kappa shape index (κ3) is 2.31. The molecule has 2 heteroatoms. The molecule has 10 heavy (non-hydrogen) atoms. The zero-order valence-electron chi connectivity index (χ0n) is 6.17. The fourth-order valence-corrected chi connectivity index (χ4v) is 0.997. The van der Waals surface area contributed by atoms with E-state index in [1.165, 1.54) is 0 Å². The Hall–Kier alpha value is -0.630. The minimum atomic E-state index is 0.0931. The molecule has 1 saturated heterocycles. The summed E-state index contributed by atoms with van der Waals surface area (Å²) in [5.74, 6) is 0.0931. The Bertz CT molecular complexity index is 143. The Morgan fingerprint density at radius 2 is 2.50 bits per heavy atom. The molecule has 1 unspecified atom stereocenters. The van der Waals surface area contributed by atoms with Crippen LogP contribution in [-0.4, -0.2) is 18.5 Å². The molecular formula is C8H12O2. The van der Waals surface area contributed by atoms with Crippen LogP contribution < -0.4 is 0 Å². The van der Waals surface area contributed by atoms with Gasteiger partial charge in [-0.1, -0.05) is 6.08 Å². The molecule has 1 heterocycles. The van der Waals surface area contributed by atoms with Crippen molar-refractivity contribution in [2.75, 3.05) is 6.61 Å². The van der Waals surface area contributed by atoms with Gasteiger partial charge in [-0.05, 0) is 25.8 Å². The van der Waals surface area contributed by atoms with Crippen LogP contribution in [0.3, 0.4) is 0 Å². The summed E-state index contributed by atoms with van der Waals surface area (Å²) < 4.78 is 5.26. The van der Waals surface area contributed by atoms with E-state index in [1.807, 2.05) is 6.08 Å². The van der Waals surface area contributed by atoms with Gasteiger partial charge in [0.25, 0.3) is 0 Å². The van der Waals surface area contributed by atoms with Crippen molar-refractivity contribution >= 4 is 5.78 Å². The normalized spacial score (nSPS) is 25.9. The highest BCUT2D eigenvalue weighted by atomic mass is 16.5. The molecule has 0 bridgehead atoms. The Morgan fingerprint density at radius 1 is 1.70 bits per heavy atom. The largest absolute Gasteiger partial charge is 0.374 e. The Morgan fingerprint density at radius 3 is 3.00 bits per heavy atom. The molecule has 0 aromatic rings. The first-order valence-corrected chi connectivity index (χ1v) is 3.59. The van der Waals surface area contributed by atoms with Crippen molar-refractivity contribution in [2.45, 2.75) is 25.9 Å². The lowest BCUT2D eigenvalue weighted by Gasteiger charge is -1.99. The zero-order chi connectivity index (χ0) is 7.40. The molecule has 2 nitrogen and oxygen atoms in total. The van der Waals surface area contributed by atoms with E-state index in [9.17, 15) is 4.79 Å². The van der Waals surface area contributed by atoms with Crippen molar-refractivity contribution in [3.63, 3.8) is 0 Å². The van der Waals surface area contributed by atoms with E-state index in [0.29, 0.717) is 0 Å². The molecule has 1 aliphatic rings. The number of rotatable bonds is 2. The zero-order valence-corrected chi connectivity index (χ0v) is 6.17. The molecule has 1 fully saturated rings. The summed E-state index contributed by atoms with van der Waals surface area (Å²) in [6.07, 6.45) is 5.80. The molecule has 0 saturated carbocycles. The van der Waals surface area contributed by atoms with Gasteiger partial charge in [-0.15, -0.1) is 0 Å². The lowest BCUT2D eigenvalue weighted by atomic mass is 10.2. The maximum atomic E-state index is 10.5. The molecule has 0 amide bonds. The van der Waals surface area contributed by atoms with Gasteiger partial charge in [0.2, 0.25) is 0 Å². The molecule has 0 spiro atoms. The van der Waals surface area contributed by atoms with Gasteiger partial charge in [0.15, 0.2) is 5.78 Å². The maximum absolute atomic E-state index is 10.5. The third-order valence-corrected chi connectivity index (χ3v) is 1.51. The molecule has 1 rings (SSSR count). The standard InChI is InChI=1S/C8H12O2/c1-7(9)4-5-8-3-2-6-10-8/h4-5,8H,2-3,6H2,1H3/b5-4+. The molecule has 0 N–H and O–H groups in total. The molecule has 1 aliphatic heterocycles. The summed E-state index contributed by atoms with van der Waals surface area (Å²) in [6.45, 7) is 2.39. The Balaban J connectivity index is 2.29. The lowest BCUT2D eigenvalue weighted by molar-refractivity contribution is -0.112. The van der Waals surface area contributed by atoms with Crippen molar-refractivity contribution in [3.05, 3.63) is 12.2 Å². The summed E-state index contributed by atoms with van der Waals surface area (Å²) >= 11 is 0. The van der Waals surface area contributed by atoms with Crippen molar-refractivity contribution in [2.24, 2.45) is 0 Å². The second-order valence-electron chi connectivity index (χ2n) is 2.52. The molecule has 0 aromatic carbocycles. The smallest absolute Gasteiger partial charge is 0.152 e. The summed E-state index contributed by atoms with van der Waals surface area (Å²) in [5, 5.41) is 0. The van der Waals surface area contributed by atoms with Crippen LogP contribution in [0, 0.1) is 0 Å². The number of ether oxygens (including phenoxy) is 1. The van der Waals surface area contributed by atoms with E-state index in [-0.39, 0.29) is 11.9 Å². The van der Waals surface area contributed by atoms with Crippen LogP contribution in [0.2, 0.25) is 0 Å². The second kappa shape index (κ2) is 3.52. The van der Waals surface area contributed by atoms with E-state index in [2.05, 4.69) is 0 Å². The average Bonchev–Trinajstić information content (AvgIpc) is 2.34. The fourth-order valence-electron chi connectivity index (χ4n) is 0.997. The van der Waals surface area contributed by atoms with Crippen LogP contribution >= 0.6 is 0 Å². The summed E-state index contributed by atoms with van der Waals surface area (Å²) in [4.78, 5) is 10.5. The number of carbonyl (C=O) groups is 1. The number of hydrogen-bond donors (Lipinski definition) is 0. The van der Waals surface area contributed by atoms with Crippen molar-refractivity contribution in [1.82, 2.24) is 0 Å². The van der Waals surface area contributed by atoms with E-state index >= 15 is 0 Å². The first-order chi connectivity index (χ1) is 4.79. The van der Waals surface area contributed by atoms with Gasteiger partial charge in [0.1, 0.15) is 0 Å². The predicted octanol–water partition coefficient (Wildman–Crippen LogP) is 1.31. The minimum Gasteiger partial charge on any atom is -0.374 e. The van der Waals surface area contributed by atoms with E-state index < -0.39 is 0 Å². The Labute approximate surface area is 60.9 Å². The monoisotopic (exact) mass is 140 g/mol. The summed E-state index contributed by atoms with van der Waals surface area (Å²) in [5.41, 5.74) is 0. The van der Waals surface area contributed by atoms with Crippen LogP contribution in [0.15, 0.2) is 12.2 Å². The highest BCUT2D eigenvalue weighted by Crippen LogP contribution is 2.12. The van der Waals surface area contributed by atoms with Gasteiger partial charge in [-0.25, -0.2) is 0 Å². The molecule has 0 aromatic heterocycles. The first kappa shape index (κ1) is 7.48. The van der Waals surface area contributed by atoms with Gasteiger partial charge in [0.05, 0.1) is 6.10 Å². The summed E-state index contributed by atoms with van der Waals surface area (Å²) in [6, 6.07) is 0. The second-order valence-corrected chi connectivity index (χ2v) is 2.52. The van der Waals surface area contributed by atoms with Crippen LogP contribution in [0.4, 0.5) is 0 Å². The number of carbonyl (C=O) groups excluding carboxylic acids is 1. The quantitative estimate of drug-likeness (QED) is 0.540. The van der Waals surface area contributed by atoms with Gasteiger partial charge < -0.3 is 4.74 Å². The van der Waals surface area contributed by atoms with Crippen molar-refractivity contribution < 1.29 is 9.53 Å². The third-order valence-electron chi connectivity index (χ3n) is 1.51. The van der Waals surface area contributed by atoms with Gasteiger partial charge >= 0.3 is 0 Å². The van der Waals surface area contributed by atoms with Crippen molar-refractivity contribution in [3.8, 4) is 0 Å². The molecular weight excluding hydrogens is 128 g/mol. The van der Waals surface area contributed by atoms with Gasteiger partial charge in [-0.3, -0.25) is 4.79 Å². The molecule has 0 aliphatic carbocycles. The lowest BCUT2D eigenvalue weighted by Crippen LogP contribution is -1.99. The van der Waals surface area contributed by atoms with Gasteiger partial charge in [0, 0.05) is 6.61 Å². The highest BCUT2D eigenvalue weighted by molar-refractivity contribution is 5.87. The van der Waals surface area contributed by atoms with E-state index in [4.69, 9.17) is 4.74 Å². The maximum Gasteiger partial charge on any atom is 0.152 e. The number of hydrogen-bond acceptors (Lipinski definition) is 2. The van der Waals surface area contributed by atoms with Crippen LogP contribution in [0.1, 0.15) is 19.8 Å². The highest BCUT2D eigenvalue weighted by Gasteiger charge is 2.11. The minimum absolute atomic E-state index is 0.0931. The summed E-state index contributed by atoms with van der Waals surface area (Å²) in [7, 11) is 0. The number of allylic oxidation sites excluding steroid dienone is 1. The number of ketones is 1. The predicted molar refractivity (Wildman–Crippen MR) is 38.8 cm³/mol. The molecule has 56 valence electrons. The average molecular weight is 140 g/mol.